The number of nitrogens with two attached hydrogens (primary N) is 1. The Morgan fingerprint density at radius 1 is 0.944 bits per heavy atom. The van der Waals surface area contributed by atoms with Gasteiger partial charge in [0.25, 0.3) is 0 Å². The second kappa shape index (κ2) is 13.7. The van der Waals surface area contributed by atoms with Gasteiger partial charge in [-0.15, -0.1) is 0 Å². The number of carbonyl (C=O) groups is 1. The molecule has 2 atom stereocenters. The standard InChI is InChI=1S/C29H34F2N2O3/c1-3-12-35-26-10-8-23(9-11-26)29(34)36-28(19-33-18-21-7-5-6-20(4-2)13-21)27(32)16-22-14-24(30)17-25(31)15-22/h5-11,13-15,17,27-28,33H,3-4,12,16,18-19,32H2,1-2H3. The number of benzene rings is 3. The number of hydrogen-bond acceptors (Lipinski definition) is 5. The number of aryl methyl sites for hydroxylation is 1. The summed E-state index contributed by atoms with van der Waals surface area (Å²) in [5.74, 6) is -1.21. The lowest BCUT2D eigenvalue weighted by molar-refractivity contribution is 0.0238. The molecule has 0 aliphatic rings. The summed E-state index contributed by atoms with van der Waals surface area (Å²) < 4.78 is 38.7. The van der Waals surface area contributed by atoms with Crippen LogP contribution in [0.5, 0.6) is 5.75 Å². The molecule has 0 spiro atoms. The fraction of sp³-hybridized carbons (Fsp3) is 0.345. The third kappa shape index (κ3) is 8.43. The van der Waals surface area contributed by atoms with Gasteiger partial charge >= 0.3 is 5.97 Å². The number of carbonyl (C=O) groups excluding carboxylic acids is 1. The van der Waals surface area contributed by atoms with Crippen molar-refractivity contribution < 1.29 is 23.0 Å². The zero-order chi connectivity index (χ0) is 25.9. The lowest BCUT2D eigenvalue weighted by atomic mass is 10.0. The molecule has 0 saturated heterocycles. The summed E-state index contributed by atoms with van der Waals surface area (Å²) in [6, 6.07) is 17.5. The smallest absolute Gasteiger partial charge is 0.338 e. The van der Waals surface area contributed by atoms with Gasteiger partial charge < -0.3 is 20.5 Å². The summed E-state index contributed by atoms with van der Waals surface area (Å²) in [4.78, 5) is 12.9. The first-order chi connectivity index (χ1) is 17.4. The summed E-state index contributed by atoms with van der Waals surface area (Å²) >= 11 is 0. The van der Waals surface area contributed by atoms with Crippen molar-refractivity contribution in [2.75, 3.05) is 13.2 Å². The molecular weight excluding hydrogens is 462 g/mol. The van der Waals surface area contributed by atoms with Crippen molar-refractivity contribution in [3.63, 3.8) is 0 Å². The Bertz CT molecular complexity index is 1100. The van der Waals surface area contributed by atoms with Crippen LogP contribution in [0.2, 0.25) is 0 Å². The maximum absolute atomic E-state index is 13.7. The zero-order valence-corrected chi connectivity index (χ0v) is 20.8. The highest BCUT2D eigenvalue weighted by Gasteiger charge is 2.24. The highest BCUT2D eigenvalue weighted by atomic mass is 19.1. The molecule has 3 aromatic carbocycles. The number of hydrogen-bond donors (Lipinski definition) is 2. The Balaban J connectivity index is 1.69. The van der Waals surface area contributed by atoms with Crippen molar-refractivity contribution in [2.24, 2.45) is 5.73 Å². The Hall–Kier alpha value is -3.29. The van der Waals surface area contributed by atoms with Crippen molar-refractivity contribution in [1.82, 2.24) is 5.32 Å². The van der Waals surface area contributed by atoms with Crippen LogP contribution in [0.1, 0.15) is 47.3 Å². The van der Waals surface area contributed by atoms with Crippen molar-refractivity contribution in [3.05, 3.63) is 101 Å². The van der Waals surface area contributed by atoms with Gasteiger partial charge in [-0.05, 0) is 72.4 Å². The van der Waals surface area contributed by atoms with Gasteiger partial charge in [-0.1, -0.05) is 38.1 Å². The molecule has 3 aromatic rings. The minimum absolute atomic E-state index is 0.142. The second-order valence-corrected chi connectivity index (χ2v) is 8.77. The third-order valence-corrected chi connectivity index (χ3v) is 5.77. The quantitative estimate of drug-likeness (QED) is 0.318. The van der Waals surface area contributed by atoms with Crippen LogP contribution < -0.4 is 15.8 Å². The van der Waals surface area contributed by atoms with Crippen LogP contribution in [0.3, 0.4) is 0 Å². The van der Waals surface area contributed by atoms with Crippen LogP contribution in [0.25, 0.3) is 0 Å². The summed E-state index contributed by atoms with van der Waals surface area (Å²) in [5, 5.41) is 3.31. The van der Waals surface area contributed by atoms with E-state index in [1.165, 1.54) is 17.7 Å². The van der Waals surface area contributed by atoms with Crippen LogP contribution in [0.4, 0.5) is 8.78 Å². The summed E-state index contributed by atoms with van der Waals surface area (Å²) in [6.07, 6.45) is 1.23. The number of rotatable bonds is 13. The molecule has 5 nitrogen and oxygen atoms in total. The number of nitrogens with one attached hydrogen (secondary N) is 1. The molecule has 3 rings (SSSR count). The van der Waals surface area contributed by atoms with E-state index in [0.29, 0.717) is 30.0 Å². The average molecular weight is 497 g/mol. The topological polar surface area (TPSA) is 73.6 Å². The van der Waals surface area contributed by atoms with Gasteiger partial charge in [-0.2, -0.15) is 0 Å². The van der Waals surface area contributed by atoms with Crippen molar-refractivity contribution in [3.8, 4) is 5.75 Å². The lowest BCUT2D eigenvalue weighted by Gasteiger charge is -2.25. The normalized spacial score (nSPS) is 12.7. The van der Waals surface area contributed by atoms with Crippen molar-refractivity contribution in [1.29, 1.82) is 0 Å². The van der Waals surface area contributed by atoms with Crippen LogP contribution >= 0.6 is 0 Å². The predicted molar refractivity (Wildman–Crippen MR) is 137 cm³/mol. The SMILES string of the molecule is CCCOc1ccc(C(=O)OC(CNCc2cccc(CC)c2)C(N)Cc2cc(F)cc(F)c2)cc1. The summed E-state index contributed by atoms with van der Waals surface area (Å²) in [6.45, 7) is 5.54. The van der Waals surface area contributed by atoms with E-state index < -0.39 is 29.7 Å². The van der Waals surface area contributed by atoms with E-state index in [-0.39, 0.29) is 13.0 Å². The van der Waals surface area contributed by atoms with E-state index in [1.807, 2.05) is 19.1 Å². The lowest BCUT2D eigenvalue weighted by Crippen LogP contribution is -2.46. The maximum atomic E-state index is 13.7. The molecule has 0 fully saturated rings. The van der Waals surface area contributed by atoms with E-state index in [0.717, 1.165) is 24.5 Å². The minimum atomic E-state index is -0.728. The van der Waals surface area contributed by atoms with E-state index in [4.69, 9.17) is 15.2 Å². The minimum Gasteiger partial charge on any atom is -0.494 e. The highest BCUT2D eigenvalue weighted by Crippen LogP contribution is 2.16. The Morgan fingerprint density at radius 3 is 2.31 bits per heavy atom. The first-order valence-electron chi connectivity index (χ1n) is 12.3. The Labute approximate surface area is 211 Å². The second-order valence-electron chi connectivity index (χ2n) is 8.77. The van der Waals surface area contributed by atoms with Crippen LogP contribution in [0, 0.1) is 11.6 Å². The van der Waals surface area contributed by atoms with E-state index >= 15 is 0 Å². The van der Waals surface area contributed by atoms with E-state index in [2.05, 4.69) is 24.4 Å². The fourth-order valence-electron chi connectivity index (χ4n) is 3.84. The Kier molecular flexibility index (Phi) is 10.4. The molecule has 7 heteroatoms. The molecule has 0 radical (unpaired) electrons. The largest absolute Gasteiger partial charge is 0.494 e. The third-order valence-electron chi connectivity index (χ3n) is 5.77. The predicted octanol–water partition coefficient (Wildman–Crippen LogP) is 5.20. The van der Waals surface area contributed by atoms with Crippen molar-refractivity contribution >= 4 is 5.97 Å². The van der Waals surface area contributed by atoms with E-state index in [1.54, 1.807) is 24.3 Å². The van der Waals surface area contributed by atoms with Crippen LogP contribution in [-0.4, -0.2) is 31.3 Å². The summed E-state index contributed by atoms with van der Waals surface area (Å²) in [5.41, 5.74) is 9.49. The fourth-order valence-corrected chi connectivity index (χ4v) is 3.84. The molecule has 2 unspecified atom stereocenters. The average Bonchev–Trinajstić information content (AvgIpc) is 2.86. The van der Waals surface area contributed by atoms with Crippen molar-refractivity contribution in [2.45, 2.75) is 51.8 Å². The first-order valence-corrected chi connectivity index (χ1v) is 12.3. The van der Waals surface area contributed by atoms with Gasteiger partial charge in [0, 0.05) is 25.2 Å². The molecule has 0 aliphatic carbocycles. The first kappa shape index (κ1) is 27.3. The van der Waals surface area contributed by atoms with Gasteiger partial charge in [0.1, 0.15) is 23.5 Å². The summed E-state index contributed by atoms with van der Waals surface area (Å²) in [7, 11) is 0. The Morgan fingerprint density at radius 2 is 1.64 bits per heavy atom. The highest BCUT2D eigenvalue weighted by molar-refractivity contribution is 5.89. The van der Waals surface area contributed by atoms with Crippen LogP contribution in [-0.2, 0) is 24.1 Å². The molecule has 0 amide bonds. The van der Waals surface area contributed by atoms with Gasteiger partial charge in [0.15, 0.2) is 0 Å². The molecule has 36 heavy (non-hydrogen) atoms. The zero-order valence-electron chi connectivity index (χ0n) is 20.8. The van der Waals surface area contributed by atoms with Gasteiger partial charge in [-0.25, -0.2) is 13.6 Å². The number of esters is 1. The molecule has 0 saturated carbocycles. The molecule has 0 aliphatic heterocycles. The van der Waals surface area contributed by atoms with Gasteiger partial charge in [0.05, 0.1) is 12.2 Å². The molecular formula is C29H34F2N2O3. The van der Waals surface area contributed by atoms with Gasteiger partial charge in [-0.3, -0.25) is 0 Å². The maximum Gasteiger partial charge on any atom is 0.338 e. The molecule has 0 heterocycles. The number of ether oxygens (including phenoxy) is 2. The molecule has 192 valence electrons. The molecule has 0 aromatic heterocycles. The van der Waals surface area contributed by atoms with Gasteiger partial charge in [0.2, 0.25) is 0 Å². The van der Waals surface area contributed by atoms with Crippen LogP contribution in [0.15, 0.2) is 66.7 Å². The molecule has 3 N–H and O–H groups in total. The van der Waals surface area contributed by atoms with E-state index in [9.17, 15) is 13.6 Å². The molecule has 0 bridgehead atoms. The number of halogens is 2. The monoisotopic (exact) mass is 496 g/mol.